The van der Waals surface area contributed by atoms with E-state index in [4.69, 9.17) is 24.4 Å². The van der Waals surface area contributed by atoms with Crippen LogP contribution < -0.4 is 4.74 Å². The van der Waals surface area contributed by atoms with Crippen molar-refractivity contribution in [1.82, 2.24) is 4.90 Å². The number of alkyl halides is 9. The highest BCUT2D eigenvalue weighted by Gasteiger charge is 2.85. The highest BCUT2D eigenvalue weighted by molar-refractivity contribution is 8.76. The number of fused-ring (bicyclic) bond motifs is 5. The molecule has 20 heteroatoms. The molecule has 2 aromatic rings. The third-order valence-electron chi connectivity index (χ3n) is 14.1. The summed E-state index contributed by atoms with van der Waals surface area (Å²) in [6.45, 7) is 2.36. The molecule has 0 heterocycles. The maximum absolute atomic E-state index is 15.2. The molecule has 7 nitrogen and oxygen atoms in total. The number of benzene rings is 2. The quantitative estimate of drug-likeness (QED) is 0.0492. The number of ether oxygens (including phenoxy) is 4. The Morgan fingerprint density at radius 1 is 0.765 bits per heavy atom. The molecule has 68 heavy (non-hydrogen) atoms. The van der Waals surface area contributed by atoms with E-state index in [2.05, 4.69) is 11.7 Å². The largest absolute Gasteiger partial charge is 0.489 e. The van der Waals surface area contributed by atoms with Gasteiger partial charge in [-0.15, -0.1) is 0 Å². The van der Waals surface area contributed by atoms with E-state index in [1.165, 1.54) is 17.7 Å². The summed E-state index contributed by atoms with van der Waals surface area (Å²) in [5.74, 6) is 1.94. The number of hydrogen-bond acceptors (Lipinski definition) is 9. The van der Waals surface area contributed by atoms with Crippen LogP contribution in [-0.2, 0) is 33.8 Å². The Morgan fingerprint density at radius 3 is 2.12 bits per heavy atom. The molecule has 5 atom stereocenters. The van der Waals surface area contributed by atoms with E-state index in [9.17, 15) is 39.5 Å². The second-order valence-corrected chi connectivity index (χ2v) is 21.4. The molecule has 0 aliphatic heterocycles. The number of unbranched alkanes of at least 4 members (excludes halogenated alkanes) is 3. The van der Waals surface area contributed by atoms with Gasteiger partial charge in [0, 0.05) is 56.0 Å². The summed E-state index contributed by atoms with van der Waals surface area (Å²) in [5.41, 5.74) is -3.93. The monoisotopic (exact) mass is 1030 g/mol. The molecule has 0 radical (unpaired) electrons. The van der Waals surface area contributed by atoms with Gasteiger partial charge in [0.2, 0.25) is 0 Å². The number of aryl methyl sites for hydroxylation is 1. The first kappa shape index (κ1) is 56.8. The molecule has 2 aromatic carbocycles. The van der Waals surface area contributed by atoms with E-state index < -0.39 is 48.8 Å². The first-order valence-electron chi connectivity index (χ1n) is 23.6. The van der Waals surface area contributed by atoms with Gasteiger partial charge in [0.05, 0.1) is 19.3 Å². The average Bonchev–Trinajstić information content (AvgIpc) is 3.61. The second kappa shape index (κ2) is 25.5. The van der Waals surface area contributed by atoms with Crippen molar-refractivity contribution in [1.29, 1.82) is 0 Å². The van der Waals surface area contributed by atoms with Gasteiger partial charge in [0.25, 0.3) is 0 Å². The third kappa shape index (κ3) is 14.3. The van der Waals surface area contributed by atoms with Crippen molar-refractivity contribution in [2.24, 2.45) is 23.2 Å². The van der Waals surface area contributed by atoms with Gasteiger partial charge in [-0.2, -0.15) is 39.5 Å². The Labute approximate surface area is 400 Å². The van der Waals surface area contributed by atoms with Gasteiger partial charge in [-0.3, -0.25) is 0 Å². The molecule has 0 aromatic heterocycles. The maximum Gasteiger partial charge on any atom is 0.435 e. The summed E-state index contributed by atoms with van der Waals surface area (Å²) in [4.78, 5) is 1.92. The van der Waals surface area contributed by atoms with Crippen LogP contribution in [0.3, 0.4) is 0 Å². The Balaban J connectivity index is 1.00. The summed E-state index contributed by atoms with van der Waals surface area (Å²) in [7, 11) is 5.46. The fraction of sp³-hybridized carbons (Fsp3) is 0.750. The van der Waals surface area contributed by atoms with Gasteiger partial charge in [-0.25, -0.2) is 8.78 Å². The lowest BCUT2D eigenvalue weighted by Gasteiger charge is -2.50. The fourth-order valence-electron chi connectivity index (χ4n) is 10.4. The van der Waals surface area contributed by atoms with Gasteiger partial charge in [0.15, 0.2) is 0 Å². The van der Waals surface area contributed by atoms with Crippen LogP contribution in [0.2, 0.25) is 0 Å². The minimum absolute atomic E-state index is 0.00738. The highest BCUT2D eigenvalue weighted by Crippen LogP contribution is 2.62. The van der Waals surface area contributed by atoms with Crippen LogP contribution in [0.25, 0.3) is 0 Å². The molecule has 0 bridgehead atoms. The molecule has 0 saturated heterocycles. The molecule has 3 aliphatic rings. The standard InChI is InChI=1S/C48H66F11NO6S2/c1-44-17-16-37-36-13-11-35(27-34(36)10-12-38(37)40(44)14-15-43(44)64-20-8-21-66-45(46(51,52)53,47(54,55)56)48(57,58)59)65-31-33-25-41(49)39(42(50)26-33)28-60(2)18-5-3-4-6-23-67-68-24-22-63-19-7-9-32(29-61)30-62/h11,13,25-27,32,37-38,40,43,61-62H,3-10,12,14-24,28-31H2,1-2H3/t37?,38?,40?,43-,44-/m0/s1. The SMILES string of the molecule is CN(CCCCCCSSCCOCCCC(CO)CO)Cc1c(F)cc(COc2ccc3c(c2)CCC2C3CC[C@@]3(C)C2CC[C@@H]3OCCCOC(C(F)(F)F)(C(F)(F)F)C(F)(F)F)cc1F. The molecule has 0 amide bonds. The van der Waals surface area contributed by atoms with Crippen LogP contribution in [0.15, 0.2) is 30.3 Å². The van der Waals surface area contributed by atoms with E-state index in [-0.39, 0.29) is 67.8 Å². The van der Waals surface area contributed by atoms with E-state index in [0.717, 1.165) is 87.7 Å². The lowest BCUT2D eigenvalue weighted by Crippen LogP contribution is -2.67. The number of nitrogens with zero attached hydrogens (tertiary/aromatic N) is 1. The fourth-order valence-corrected chi connectivity index (χ4v) is 12.4. The molecule has 2 saturated carbocycles. The summed E-state index contributed by atoms with van der Waals surface area (Å²) in [5, 5.41) is 18.2. The average molecular weight is 1030 g/mol. The van der Waals surface area contributed by atoms with Gasteiger partial charge < -0.3 is 34.1 Å². The van der Waals surface area contributed by atoms with Crippen molar-refractivity contribution in [3.8, 4) is 5.75 Å². The number of halogens is 11. The van der Waals surface area contributed by atoms with Crippen LogP contribution in [0.4, 0.5) is 48.3 Å². The van der Waals surface area contributed by atoms with Crippen molar-refractivity contribution in [2.75, 3.05) is 64.7 Å². The molecule has 2 fully saturated rings. The summed E-state index contributed by atoms with van der Waals surface area (Å²) in [6, 6.07) is 8.49. The van der Waals surface area contributed by atoms with Crippen molar-refractivity contribution in [2.45, 2.75) is 140 Å². The van der Waals surface area contributed by atoms with Crippen molar-refractivity contribution in [3.05, 3.63) is 64.2 Å². The highest BCUT2D eigenvalue weighted by atomic mass is 33.1. The molecule has 3 unspecified atom stereocenters. The van der Waals surface area contributed by atoms with Crippen molar-refractivity contribution < 1.29 is 77.5 Å². The summed E-state index contributed by atoms with van der Waals surface area (Å²) >= 11 is 0. The van der Waals surface area contributed by atoms with Crippen LogP contribution in [0, 0.1) is 34.8 Å². The van der Waals surface area contributed by atoms with Gasteiger partial charge in [0.1, 0.15) is 24.0 Å². The number of rotatable bonds is 28. The number of aliphatic hydroxyl groups excluding tert-OH is 2. The lowest BCUT2D eigenvalue weighted by atomic mass is 9.55. The molecule has 3 aliphatic carbocycles. The minimum atomic E-state index is -6.77. The Bertz CT molecular complexity index is 1790. The first-order chi connectivity index (χ1) is 32.2. The molecule has 388 valence electrons. The first-order valence-corrected chi connectivity index (χ1v) is 26.1. The van der Waals surface area contributed by atoms with E-state index in [1.54, 1.807) is 10.8 Å². The predicted molar refractivity (Wildman–Crippen MR) is 240 cm³/mol. The number of aliphatic hydroxyl groups is 2. The second-order valence-electron chi connectivity index (χ2n) is 18.7. The van der Waals surface area contributed by atoms with E-state index in [1.807, 2.05) is 40.9 Å². The predicted octanol–water partition coefficient (Wildman–Crippen LogP) is 12.4. The zero-order valence-corrected chi connectivity index (χ0v) is 40.3. The van der Waals surface area contributed by atoms with Crippen LogP contribution >= 0.6 is 21.6 Å². The normalized spacial score (nSPS) is 22.2. The van der Waals surface area contributed by atoms with Gasteiger partial charge >= 0.3 is 24.1 Å². The lowest BCUT2D eigenvalue weighted by molar-refractivity contribution is -0.457. The van der Waals surface area contributed by atoms with Gasteiger partial charge in [-0.1, -0.05) is 47.4 Å². The molecule has 5 rings (SSSR count). The van der Waals surface area contributed by atoms with Crippen LogP contribution in [0.1, 0.15) is 112 Å². The summed E-state index contributed by atoms with van der Waals surface area (Å²) < 4.78 is 171. The van der Waals surface area contributed by atoms with Gasteiger partial charge in [-0.05, 0) is 148 Å². The smallest absolute Gasteiger partial charge is 0.435 e. The molecule has 0 spiro atoms. The van der Waals surface area contributed by atoms with Crippen molar-refractivity contribution >= 4 is 21.6 Å². The maximum atomic E-state index is 15.2. The topological polar surface area (TPSA) is 80.6 Å². The molecule has 2 N–H and O–H groups in total. The Hall–Kier alpha value is -2.07. The molecular weight excluding hydrogens is 960 g/mol. The zero-order chi connectivity index (χ0) is 49.8. The van der Waals surface area contributed by atoms with E-state index in [0.29, 0.717) is 43.4 Å². The number of hydrogen-bond donors (Lipinski definition) is 2. The minimum Gasteiger partial charge on any atom is -0.489 e. The summed E-state index contributed by atoms with van der Waals surface area (Å²) in [6.07, 6.45) is -11.1. The Morgan fingerprint density at radius 2 is 1.44 bits per heavy atom. The van der Waals surface area contributed by atoms with Crippen LogP contribution in [0.5, 0.6) is 5.75 Å². The van der Waals surface area contributed by atoms with E-state index >= 15 is 8.78 Å². The molecular formula is C48H66F11NO6S2. The third-order valence-corrected chi connectivity index (χ3v) is 16.6. The van der Waals surface area contributed by atoms with Crippen molar-refractivity contribution in [3.63, 3.8) is 0 Å². The Kier molecular flexibility index (Phi) is 21.3. The zero-order valence-electron chi connectivity index (χ0n) is 38.7. The van der Waals surface area contributed by atoms with Crippen LogP contribution in [-0.4, -0.2) is 110 Å².